The Kier molecular flexibility index (Phi) is 2.03. The molecule has 1 heteroatoms. The summed E-state index contributed by atoms with van der Waals surface area (Å²) in [6, 6.07) is 7.62. The first-order valence-electron chi connectivity index (χ1n) is 5.02. The molecule has 1 aliphatic carbocycles. The first-order valence-corrected chi connectivity index (χ1v) is 5.02. The Labute approximate surface area is 79.4 Å². The van der Waals surface area contributed by atoms with Gasteiger partial charge in [-0.25, -0.2) is 0 Å². The zero-order valence-electron chi connectivity index (χ0n) is 8.09. The van der Waals surface area contributed by atoms with Crippen LogP contribution in [0.25, 0.3) is 0 Å². The summed E-state index contributed by atoms with van der Waals surface area (Å²) in [7, 11) is 0. The van der Waals surface area contributed by atoms with E-state index in [0.29, 0.717) is 11.2 Å². The second kappa shape index (κ2) is 3.06. The minimum absolute atomic E-state index is 0.366. The van der Waals surface area contributed by atoms with Crippen LogP contribution in [0.3, 0.4) is 0 Å². The van der Waals surface area contributed by atoms with E-state index in [1.165, 1.54) is 31.2 Å². The summed E-state index contributed by atoms with van der Waals surface area (Å²) in [5, 5.41) is 9.13. The molecular weight excluding hydrogens is 160 g/mol. The van der Waals surface area contributed by atoms with Crippen LogP contribution >= 0.6 is 0 Å². The van der Waals surface area contributed by atoms with Crippen molar-refractivity contribution in [1.82, 2.24) is 0 Å². The van der Waals surface area contributed by atoms with Gasteiger partial charge >= 0.3 is 0 Å². The van der Waals surface area contributed by atoms with Crippen molar-refractivity contribution < 1.29 is 5.11 Å². The second-order valence-electron chi connectivity index (χ2n) is 4.20. The Morgan fingerprint density at radius 1 is 1.23 bits per heavy atom. The summed E-state index contributed by atoms with van der Waals surface area (Å²) in [6.45, 7) is 2.27. The van der Waals surface area contributed by atoms with Gasteiger partial charge in [0.05, 0.1) is 0 Å². The molecule has 1 nitrogen and oxygen atoms in total. The van der Waals surface area contributed by atoms with Crippen molar-refractivity contribution in [3.05, 3.63) is 29.8 Å². The number of phenolic OH excluding ortho intramolecular Hbond substituents is 1. The molecule has 1 fully saturated rings. The minimum Gasteiger partial charge on any atom is -0.508 e. The fourth-order valence-corrected chi connectivity index (χ4v) is 1.88. The summed E-state index contributed by atoms with van der Waals surface area (Å²) < 4.78 is 0. The molecule has 0 unspecified atom stereocenters. The van der Waals surface area contributed by atoms with Gasteiger partial charge in [0, 0.05) is 0 Å². The fraction of sp³-hybridized carbons (Fsp3) is 0.500. The molecule has 0 heterocycles. The molecule has 0 spiro atoms. The summed E-state index contributed by atoms with van der Waals surface area (Å²) in [6.07, 6.45) is 5.23. The first kappa shape index (κ1) is 8.61. The van der Waals surface area contributed by atoms with Crippen LogP contribution in [0.5, 0.6) is 5.75 Å². The van der Waals surface area contributed by atoms with Crippen molar-refractivity contribution in [2.24, 2.45) is 5.41 Å². The molecule has 1 aromatic rings. The van der Waals surface area contributed by atoms with Crippen LogP contribution in [-0.2, 0) is 6.42 Å². The lowest BCUT2D eigenvalue weighted by atomic mass is 9.94. The third-order valence-electron chi connectivity index (χ3n) is 3.22. The van der Waals surface area contributed by atoms with E-state index in [4.69, 9.17) is 5.11 Å². The van der Waals surface area contributed by atoms with E-state index in [0.717, 1.165) is 0 Å². The molecule has 0 atom stereocenters. The number of rotatable bonds is 3. The quantitative estimate of drug-likeness (QED) is 0.750. The topological polar surface area (TPSA) is 20.2 Å². The third kappa shape index (κ3) is 1.85. The molecular formula is C12H16O. The number of phenols is 1. The summed E-state index contributed by atoms with van der Waals surface area (Å²) in [4.78, 5) is 0. The van der Waals surface area contributed by atoms with Crippen molar-refractivity contribution in [3.8, 4) is 5.75 Å². The normalized spacial score (nSPS) is 18.5. The number of benzene rings is 1. The van der Waals surface area contributed by atoms with Crippen molar-refractivity contribution in [3.63, 3.8) is 0 Å². The summed E-state index contributed by atoms with van der Waals surface area (Å²) >= 11 is 0. The Bertz CT molecular complexity index is 282. The van der Waals surface area contributed by atoms with E-state index >= 15 is 0 Å². The highest BCUT2D eigenvalue weighted by atomic mass is 16.3. The smallest absolute Gasteiger partial charge is 0.115 e. The molecule has 0 amide bonds. The van der Waals surface area contributed by atoms with Crippen LogP contribution in [0.1, 0.15) is 31.7 Å². The van der Waals surface area contributed by atoms with E-state index in [2.05, 4.69) is 6.92 Å². The molecule has 1 aliphatic rings. The minimum atomic E-state index is 0.366. The van der Waals surface area contributed by atoms with Crippen molar-refractivity contribution >= 4 is 0 Å². The van der Waals surface area contributed by atoms with E-state index in [1.54, 1.807) is 12.1 Å². The molecule has 2 rings (SSSR count). The molecule has 70 valence electrons. The Morgan fingerprint density at radius 2 is 1.85 bits per heavy atom. The zero-order valence-corrected chi connectivity index (χ0v) is 8.09. The highest BCUT2D eigenvalue weighted by molar-refractivity contribution is 5.27. The molecule has 13 heavy (non-hydrogen) atoms. The van der Waals surface area contributed by atoms with E-state index in [9.17, 15) is 0 Å². The number of hydrogen-bond acceptors (Lipinski definition) is 1. The highest BCUT2D eigenvalue weighted by Gasteiger charge is 2.40. The van der Waals surface area contributed by atoms with E-state index in [-0.39, 0.29) is 0 Å². The second-order valence-corrected chi connectivity index (χ2v) is 4.20. The van der Waals surface area contributed by atoms with Gasteiger partial charge in [-0.3, -0.25) is 0 Å². The average Bonchev–Trinajstić information content (AvgIpc) is 2.90. The standard InChI is InChI=1S/C12H16O/c1-2-12(7-8-12)9-10-3-5-11(13)6-4-10/h3-6,13H,2,7-9H2,1H3. The summed E-state index contributed by atoms with van der Waals surface area (Å²) in [5.41, 5.74) is 1.97. The Balaban J connectivity index is 2.06. The molecule has 0 aliphatic heterocycles. The Hall–Kier alpha value is -0.980. The van der Waals surface area contributed by atoms with Crippen molar-refractivity contribution in [1.29, 1.82) is 0 Å². The van der Waals surface area contributed by atoms with Crippen LogP contribution < -0.4 is 0 Å². The molecule has 1 aromatic carbocycles. The first-order chi connectivity index (χ1) is 6.24. The van der Waals surface area contributed by atoms with Gasteiger partial charge in [-0.2, -0.15) is 0 Å². The van der Waals surface area contributed by atoms with Crippen LogP contribution in [0, 0.1) is 5.41 Å². The number of hydrogen-bond donors (Lipinski definition) is 1. The predicted octanol–water partition coefficient (Wildman–Crippen LogP) is 3.12. The fourth-order valence-electron chi connectivity index (χ4n) is 1.88. The van der Waals surface area contributed by atoms with E-state index in [1.807, 2.05) is 12.1 Å². The molecule has 0 aromatic heterocycles. The monoisotopic (exact) mass is 176 g/mol. The summed E-state index contributed by atoms with van der Waals surface area (Å²) in [5.74, 6) is 0.366. The van der Waals surface area contributed by atoms with Gasteiger partial charge in [0.25, 0.3) is 0 Å². The van der Waals surface area contributed by atoms with Gasteiger partial charge in [-0.15, -0.1) is 0 Å². The van der Waals surface area contributed by atoms with Crippen LogP contribution in [0.15, 0.2) is 24.3 Å². The molecule has 1 saturated carbocycles. The maximum atomic E-state index is 9.13. The van der Waals surface area contributed by atoms with Crippen molar-refractivity contribution in [2.75, 3.05) is 0 Å². The molecule has 1 N–H and O–H groups in total. The third-order valence-corrected chi connectivity index (χ3v) is 3.22. The number of aromatic hydroxyl groups is 1. The zero-order chi connectivity index (χ0) is 9.31. The van der Waals surface area contributed by atoms with Crippen LogP contribution in [-0.4, -0.2) is 5.11 Å². The van der Waals surface area contributed by atoms with Gasteiger partial charge < -0.3 is 5.11 Å². The SMILES string of the molecule is CCC1(Cc2ccc(O)cc2)CC1. The van der Waals surface area contributed by atoms with Crippen LogP contribution in [0.4, 0.5) is 0 Å². The van der Waals surface area contributed by atoms with Gasteiger partial charge in [0.2, 0.25) is 0 Å². The highest BCUT2D eigenvalue weighted by Crippen LogP contribution is 2.51. The molecule has 0 saturated heterocycles. The van der Waals surface area contributed by atoms with Crippen molar-refractivity contribution in [2.45, 2.75) is 32.6 Å². The van der Waals surface area contributed by atoms with Gasteiger partial charge in [0.1, 0.15) is 5.75 Å². The molecule has 0 bridgehead atoms. The average molecular weight is 176 g/mol. The Morgan fingerprint density at radius 3 is 2.31 bits per heavy atom. The predicted molar refractivity (Wildman–Crippen MR) is 53.8 cm³/mol. The maximum absolute atomic E-state index is 9.13. The van der Waals surface area contributed by atoms with Gasteiger partial charge in [0.15, 0.2) is 0 Å². The van der Waals surface area contributed by atoms with Gasteiger partial charge in [-0.05, 0) is 42.4 Å². The van der Waals surface area contributed by atoms with Crippen LogP contribution in [0.2, 0.25) is 0 Å². The lowest BCUT2D eigenvalue weighted by Gasteiger charge is -2.11. The largest absolute Gasteiger partial charge is 0.508 e. The molecule has 0 radical (unpaired) electrons. The van der Waals surface area contributed by atoms with Gasteiger partial charge in [-0.1, -0.05) is 25.5 Å². The lowest BCUT2D eigenvalue weighted by molar-refractivity contribution is 0.471. The maximum Gasteiger partial charge on any atom is 0.115 e. The lowest BCUT2D eigenvalue weighted by Crippen LogP contribution is -2.02. The van der Waals surface area contributed by atoms with E-state index < -0.39 is 0 Å².